The lowest BCUT2D eigenvalue weighted by Crippen LogP contribution is -2.40. The average molecular weight is 468 g/mol. The second kappa shape index (κ2) is 8.56. The van der Waals surface area contributed by atoms with Crippen LogP contribution < -0.4 is 0 Å². The molecule has 0 saturated heterocycles. The van der Waals surface area contributed by atoms with Gasteiger partial charge in [0.25, 0.3) is 0 Å². The minimum atomic E-state index is -0.491. The van der Waals surface area contributed by atoms with E-state index < -0.39 is 5.60 Å². The van der Waals surface area contributed by atoms with Gasteiger partial charge in [-0.05, 0) is 94.0 Å². The van der Waals surface area contributed by atoms with Crippen molar-refractivity contribution in [2.24, 2.45) is 0 Å². The number of aromatic nitrogens is 2. The van der Waals surface area contributed by atoms with Crippen molar-refractivity contribution in [3.63, 3.8) is 0 Å². The van der Waals surface area contributed by atoms with Crippen molar-refractivity contribution >= 4 is 17.0 Å². The predicted octanol–water partition coefficient (Wildman–Crippen LogP) is 7.12. The molecule has 5 heteroatoms. The van der Waals surface area contributed by atoms with Gasteiger partial charge in [-0.1, -0.05) is 30.3 Å². The summed E-state index contributed by atoms with van der Waals surface area (Å²) < 4.78 is 5.60. The first kappa shape index (κ1) is 23.2. The zero-order valence-electron chi connectivity index (χ0n) is 21.5. The van der Waals surface area contributed by atoms with Gasteiger partial charge in [0.05, 0.1) is 0 Å². The summed E-state index contributed by atoms with van der Waals surface area (Å²) in [5.74, 6) is 0. The molecular weight excluding hydrogens is 434 g/mol. The quantitative estimate of drug-likeness (QED) is 0.342. The largest absolute Gasteiger partial charge is 0.444 e. The Morgan fingerprint density at radius 2 is 1.74 bits per heavy atom. The first-order valence-corrected chi connectivity index (χ1v) is 12.3. The summed E-state index contributed by atoms with van der Waals surface area (Å²) in [6.07, 6.45) is 0.568. The molecule has 1 aliphatic heterocycles. The third-order valence-electron chi connectivity index (χ3n) is 6.66. The van der Waals surface area contributed by atoms with Gasteiger partial charge >= 0.3 is 6.09 Å². The van der Waals surface area contributed by atoms with Crippen LogP contribution in [0.1, 0.15) is 48.8 Å². The second-order valence-corrected chi connectivity index (χ2v) is 10.6. The maximum Gasteiger partial charge on any atom is 0.410 e. The Kier molecular flexibility index (Phi) is 5.66. The van der Waals surface area contributed by atoms with Crippen LogP contribution in [0.15, 0.2) is 48.5 Å². The molecule has 0 aliphatic carbocycles. The van der Waals surface area contributed by atoms with Crippen LogP contribution >= 0.6 is 0 Å². The highest BCUT2D eigenvalue weighted by Crippen LogP contribution is 2.35. The van der Waals surface area contributed by atoms with E-state index in [1.54, 1.807) is 4.90 Å². The summed E-state index contributed by atoms with van der Waals surface area (Å²) in [5, 5.41) is 1.23. The lowest BCUT2D eigenvalue weighted by molar-refractivity contribution is 0.0224. The van der Waals surface area contributed by atoms with Gasteiger partial charge in [-0.15, -0.1) is 0 Å². The summed E-state index contributed by atoms with van der Waals surface area (Å²) >= 11 is 0. The van der Waals surface area contributed by atoms with E-state index in [0.717, 1.165) is 29.0 Å². The third kappa shape index (κ3) is 4.55. The van der Waals surface area contributed by atoms with Crippen LogP contribution in [0, 0.1) is 20.8 Å². The van der Waals surface area contributed by atoms with Crippen molar-refractivity contribution in [1.82, 2.24) is 14.9 Å². The standard InChI is InChI=1S/C30H33N3O2/c1-18-14-23(15-19(2)31-18)28-20(3)24-11-10-21(16-27(24)32-28)25-9-7-8-22-17-33(13-12-26(22)25)29(34)35-30(4,5)6/h7-11,14-16,32H,12-13,17H2,1-6H3. The van der Waals surface area contributed by atoms with Crippen molar-refractivity contribution in [3.8, 4) is 22.4 Å². The number of nitrogens with zero attached hydrogens (tertiary/aromatic N) is 2. The minimum Gasteiger partial charge on any atom is -0.444 e. The molecule has 0 atom stereocenters. The molecule has 0 radical (unpaired) electrons. The van der Waals surface area contributed by atoms with Gasteiger partial charge in [0.2, 0.25) is 0 Å². The van der Waals surface area contributed by atoms with E-state index in [2.05, 4.69) is 65.4 Å². The lowest BCUT2D eigenvalue weighted by atomic mass is 9.90. The molecule has 0 fully saturated rings. The van der Waals surface area contributed by atoms with Crippen LogP contribution in [-0.4, -0.2) is 33.1 Å². The van der Waals surface area contributed by atoms with Gasteiger partial charge in [0, 0.05) is 46.6 Å². The molecule has 5 rings (SSSR count). The number of hydrogen-bond donors (Lipinski definition) is 1. The number of nitrogens with one attached hydrogen (secondary N) is 1. The van der Waals surface area contributed by atoms with E-state index in [-0.39, 0.29) is 6.09 Å². The van der Waals surface area contributed by atoms with Gasteiger partial charge < -0.3 is 14.6 Å². The Bertz CT molecular complexity index is 1420. The monoisotopic (exact) mass is 467 g/mol. The van der Waals surface area contributed by atoms with Gasteiger partial charge in [0.1, 0.15) is 5.60 Å². The summed E-state index contributed by atoms with van der Waals surface area (Å²) in [7, 11) is 0. The van der Waals surface area contributed by atoms with Crippen molar-refractivity contribution < 1.29 is 9.53 Å². The number of fused-ring (bicyclic) bond motifs is 2. The van der Waals surface area contributed by atoms with E-state index in [9.17, 15) is 4.79 Å². The SMILES string of the molecule is Cc1cc(-c2[nH]c3cc(-c4cccc5c4CCN(C(=O)OC(C)(C)C)C5)ccc3c2C)cc(C)n1. The van der Waals surface area contributed by atoms with Crippen molar-refractivity contribution in [1.29, 1.82) is 0 Å². The molecule has 2 aromatic carbocycles. The highest BCUT2D eigenvalue weighted by atomic mass is 16.6. The molecule has 0 spiro atoms. The Morgan fingerprint density at radius 1 is 1.00 bits per heavy atom. The zero-order chi connectivity index (χ0) is 24.9. The number of hydrogen-bond acceptors (Lipinski definition) is 3. The third-order valence-corrected chi connectivity index (χ3v) is 6.66. The summed E-state index contributed by atoms with van der Waals surface area (Å²) in [6, 6.07) is 17.4. The molecule has 35 heavy (non-hydrogen) atoms. The van der Waals surface area contributed by atoms with Gasteiger partial charge in [-0.3, -0.25) is 4.98 Å². The van der Waals surface area contributed by atoms with Crippen LogP contribution in [0.3, 0.4) is 0 Å². The molecule has 2 aromatic heterocycles. The van der Waals surface area contributed by atoms with Gasteiger partial charge in [-0.25, -0.2) is 4.79 Å². The van der Waals surface area contributed by atoms with Crippen LogP contribution in [0.25, 0.3) is 33.3 Å². The summed E-state index contributed by atoms with van der Waals surface area (Å²) in [6.45, 7) is 13.2. The maximum absolute atomic E-state index is 12.6. The highest BCUT2D eigenvalue weighted by molar-refractivity contribution is 5.93. The summed E-state index contributed by atoms with van der Waals surface area (Å²) in [5.41, 5.74) is 11.2. The number of ether oxygens (including phenoxy) is 1. The van der Waals surface area contributed by atoms with Crippen LogP contribution in [0.5, 0.6) is 0 Å². The van der Waals surface area contributed by atoms with E-state index in [4.69, 9.17) is 4.74 Å². The topological polar surface area (TPSA) is 58.2 Å². The van der Waals surface area contributed by atoms with E-state index in [1.807, 2.05) is 34.6 Å². The molecule has 3 heterocycles. The Labute approximate surface area is 207 Å². The molecule has 4 aromatic rings. The number of benzene rings is 2. The minimum absolute atomic E-state index is 0.244. The number of H-pyrrole nitrogens is 1. The highest BCUT2D eigenvalue weighted by Gasteiger charge is 2.27. The molecule has 1 aliphatic rings. The van der Waals surface area contributed by atoms with Crippen LogP contribution in [0.2, 0.25) is 0 Å². The van der Waals surface area contributed by atoms with Crippen LogP contribution in [0.4, 0.5) is 4.79 Å². The number of aryl methyl sites for hydroxylation is 3. The molecule has 180 valence electrons. The van der Waals surface area contributed by atoms with E-state index >= 15 is 0 Å². The first-order valence-electron chi connectivity index (χ1n) is 12.3. The first-order chi connectivity index (χ1) is 16.6. The maximum atomic E-state index is 12.6. The second-order valence-electron chi connectivity index (χ2n) is 10.6. The molecule has 5 nitrogen and oxygen atoms in total. The van der Waals surface area contributed by atoms with Crippen molar-refractivity contribution in [2.75, 3.05) is 6.54 Å². The predicted molar refractivity (Wildman–Crippen MR) is 142 cm³/mol. The smallest absolute Gasteiger partial charge is 0.410 e. The Morgan fingerprint density at radius 3 is 2.46 bits per heavy atom. The fourth-order valence-corrected chi connectivity index (χ4v) is 5.14. The van der Waals surface area contributed by atoms with E-state index in [1.165, 1.54) is 38.8 Å². The number of amides is 1. The number of aromatic amines is 1. The molecule has 0 bridgehead atoms. The normalized spacial score (nSPS) is 13.7. The molecule has 0 unspecified atom stereocenters. The van der Waals surface area contributed by atoms with Gasteiger partial charge in [-0.2, -0.15) is 0 Å². The van der Waals surface area contributed by atoms with Crippen LogP contribution in [-0.2, 0) is 17.7 Å². The van der Waals surface area contributed by atoms with Crippen molar-refractivity contribution in [3.05, 3.63) is 76.6 Å². The molecule has 0 saturated carbocycles. The lowest BCUT2D eigenvalue weighted by Gasteiger charge is -2.32. The number of carbonyl (C=O) groups is 1. The molecule has 1 amide bonds. The fourth-order valence-electron chi connectivity index (χ4n) is 5.14. The van der Waals surface area contributed by atoms with E-state index in [0.29, 0.717) is 13.1 Å². The summed E-state index contributed by atoms with van der Waals surface area (Å²) in [4.78, 5) is 22.6. The Balaban J connectivity index is 1.49. The molecule has 1 N–H and O–H groups in total. The number of rotatable bonds is 2. The van der Waals surface area contributed by atoms with Crippen molar-refractivity contribution in [2.45, 2.75) is 60.1 Å². The molecular formula is C30H33N3O2. The number of carbonyl (C=O) groups excluding carboxylic acids is 1. The average Bonchev–Trinajstić information content (AvgIpc) is 3.12. The zero-order valence-corrected chi connectivity index (χ0v) is 21.5. The fraction of sp³-hybridized carbons (Fsp3) is 0.333. The Hall–Kier alpha value is -3.60. The number of pyridine rings is 1. The van der Waals surface area contributed by atoms with Gasteiger partial charge in [0.15, 0.2) is 0 Å².